The highest BCUT2D eigenvalue weighted by Gasteiger charge is 2.39. The van der Waals surface area contributed by atoms with Gasteiger partial charge in [-0.15, -0.1) is 0 Å². The zero-order valence-electron chi connectivity index (χ0n) is 13.3. The predicted molar refractivity (Wildman–Crippen MR) is 84.1 cm³/mol. The molecule has 0 aliphatic carbocycles. The maximum Gasteiger partial charge on any atom is 0.235 e. The molecule has 5 nitrogen and oxygen atoms in total. The van der Waals surface area contributed by atoms with Crippen LogP contribution in [-0.2, 0) is 14.6 Å². The van der Waals surface area contributed by atoms with Crippen molar-refractivity contribution >= 4 is 15.7 Å². The van der Waals surface area contributed by atoms with Crippen LogP contribution in [0.5, 0.6) is 0 Å². The van der Waals surface area contributed by atoms with Crippen molar-refractivity contribution in [1.82, 2.24) is 10.2 Å². The first kappa shape index (κ1) is 17.3. The molecule has 24 heavy (non-hydrogen) atoms. The minimum absolute atomic E-state index is 0.0561. The molecule has 1 amide bonds. The summed E-state index contributed by atoms with van der Waals surface area (Å²) < 4.78 is 50.9. The van der Waals surface area contributed by atoms with Crippen molar-refractivity contribution in [3.63, 3.8) is 0 Å². The highest BCUT2D eigenvalue weighted by atomic mass is 32.2. The number of rotatable bonds is 4. The summed E-state index contributed by atoms with van der Waals surface area (Å²) in [5, 5.41) is 2.76. The molecular formula is C16H20F2N2O3S. The second kappa shape index (κ2) is 6.40. The van der Waals surface area contributed by atoms with Gasteiger partial charge in [0.2, 0.25) is 5.91 Å². The summed E-state index contributed by atoms with van der Waals surface area (Å²) in [7, 11) is -2.07. The Labute approximate surface area is 139 Å². The maximum absolute atomic E-state index is 13.7. The Balaban J connectivity index is 1.64. The number of amides is 1. The molecule has 8 heteroatoms. The molecule has 2 fully saturated rings. The minimum atomic E-state index is -4.14. The molecular weight excluding hydrogens is 338 g/mol. The van der Waals surface area contributed by atoms with E-state index in [9.17, 15) is 22.0 Å². The van der Waals surface area contributed by atoms with E-state index >= 15 is 0 Å². The second-order valence-electron chi connectivity index (χ2n) is 6.62. The van der Waals surface area contributed by atoms with E-state index < -0.39 is 38.0 Å². The van der Waals surface area contributed by atoms with Crippen molar-refractivity contribution in [2.75, 3.05) is 12.8 Å². The number of hydrogen-bond acceptors (Lipinski definition) is 4. The Hall–Kier alpha value is -1.54. The third kappa shape index (κ3) is 3.44. The van der Waals surface area contributed by atoms with Gasteiger partial charge in [0.05, 0.1) is 0 Å². The molecule has 1 N–H and O–H groups in total. The summed E-state index contributed by atoms with van der Waals surface area (Å²) in [5.41, 5.74) is 0. The van der Waals surface area contributed by atoms with E-state index in [0.29, 0.717) is 18.2 Å². The number of carbonyl (C=O) groups is 1. The number of halogens is 2. The summed E-state index contributed by atoms with van der Waals surface area (Å²) in [6.45, 7) is 0. The van der Waals surface area contributed by atoms with Crippen LogP contribution in [0.1, 0.15) is 25.7 Å². The zero-order chi connectivity index (χ0) is 17.5. The van der Waals surface area contributed by atoms with Crippen LogP contribution in [-0.4, -0.2) is 50.2 Å². The third-order valence-electron chi connectivity index (χ3n) is 5.01. The predicted octanol–water partition coefficient (Wildman–Crippen LogP) is 1.48. The monoisotopic (exact) mass is 358 g/mol. The molecule has 1 aromatic carbocycles. The first-order valence-electron chi connectivity index (χ1n) is 7.95. The summed E-state index contributed by atoms with van der Waals surface area (Å²) in [6, 6.07) is 2.99. The molecule has 132 valence electrons. The van der Waals surface area contributed by atoms with Crippen LogP contribution in [0.2, 0.25) is 0 Å². The van der Waals surface area contributed by atoms with Gasteiger partial charge in [-0.1, -0.05) is 0 Å². The SMILES string of the molecule is CN1C2CCC1CC(NC(=O)CS(=O)(=O)c1ccc(F)cc1F)C2. The van der Waals surface area contributed by atoms with Gasteiger partial charge < -0.3 is 10.2 Å². The maximum atomic E-state index is 13.7. The van der Waals surface area contributed by atoms with Gasteiger partial charge in [-0.3, -0.25) is 4.79 Å². The molecule has 2 atom stereocenters. The highest BCUT2D eigenvalue weighted by molar-refractivity contribution is 7.92. The van der Waals surface area contributed by atoms with Gasteiger partial charge in [-0.2, -0.15) is 0 Å². The third-order valence-corrected chi connectivity index (χ3v) is 6.66. The Morgan fingerprint density at radius 2 is 1.88 bits per heavy atom. The van der Waals surface area contributed by atoms with Gasteiger partial charge >= 0.3 is 0 Å². The molecule has 3 rings (SSSR count). The lowest BCUT2D eigenvalue weighted by molar-refractivity contribution is -0.119. The van der Waals surface area contributed by atoms with Crippen molar-refractivity contribution < 1.29 is 22.0 Å². The fourth-order valence-corrected chi connectivity index (χ4v) is 4.99. The summed E-state index contributed by atoms with van der Waals surface area (Å²) in [4.78, 5) is 13.8. The molecule has 0 saturated carbocycles. The molecule has 2 unspecified atom stereocenters. The first-order chi connectivity index (χ1) is 11.3. The quantitative estimate of drug-likeness (QED) is 0.828. The van der Waals surface area contributed by atoms with E-state index in [0.717, 1.165) is 37.8 Å². The zero-order valence-corrected chi connectivity index (χ0v) is 14.2. The van der Waals surface area contributed by atoms with Crippen molar-refractivity contribution in [1.29, 1.82) is 0 Å². The van der Waals surface area contributed by atoms with Crippen LogP contribution in [0, 0.1) is 11.6 Å². The van der Waals surface area contributed by atoms with E-state index in [-0.39, 0.29) is 6.04 Å². The average molecular weight is 358 g/mol. The molecule has 1 aromatic rings. The number of carbonyl (C=O) groups excluding carboxylic acids is 1. The lowest BCUT2D eigenvalue weighted by Crippen LogP contribution is -2.49. The molecule has 2 saturated heterocycles. The van der Waals surface area contributed by atoms with Crippen LogP contribution < -0.4 is 5.32 Å². The molecule has 0 radical (unpaired) electrons. The Kier molecular flexibility index (Phi) is 4.61. The van der Waals surface area contributed by atoms with Crippen LogP contribution >= 0.6 is 0 Å². The van der Waals surface area contributed by atoms with E-state index in [1.807, 2.05) is 0 Å². The summed E-state index contributed by atoms with van der Waals surface area (Å²) in [5.74, 6) is -3.53. The molecule has 2 bridgehead atoms. The van der Waals surface area contributed by atoms with Gasteiger partial charge in [0.15, 0.2) is 9.84 Å². The van der Waals surface area contributed by atoms with E-state index in [1.54, 1.807) is 0 Å². The number of sulfone groups is 1. The van der Waals surface area contributed by atoms with Crippen molar-refractivity contribution in [2.45, 2.75) is 48.7 Å². The van der Waals surface area contributed by atoms with Crippen LogP contribution in [0.25, 0.3) is 0 Å². The van der Waals surface area contributed by atoms with Gasteiger partial charge in [-0.05, 0) is 44.9 Å². The fourth-order valence-electron chi connectivity index (χ4n) is 3.78. The molecule has 2 aliphatic rings. The molecule has 2 aliphatic heterocycles. The number of fused-ring (bicyclic) bond motifs is 2. The van der Waals surface area contributed by atoms with Crippen LogP contribution in [0.3, 0.4) is 0 Å². The summed E-state index contributed by atoms with van der Waals surface area (Å²) in [6.07, 6.45) is 3.77. The van der Waals surface area contributed by atoms with Gasteiger partial charge in [0.25, 0.3) is 0 Å². The second-order valence-corrected chi connectivity index (χ2v) is 8.58. The Bertz CT molecular complexity index is 740. The van der Waals surface area contributed by atoms with E-state index in [2.05, 4.69) is 17.3 Å². The minimum Gasteiger partial charge on any atom is -0.352 e. The van der Waals surface area contributed by atoms with Crippen LogP contribution in [0.4, 0.5) is 8.78 Å². The molecule has 0 spiro atoms. The summed E-state index contributed by atoms with van der Waals surface area (Å²) >= 11 is 0. The standard InChI is InChI=1S/C16H20F2N2O3S/c1-20-12-3-4-13(20)8-11(7-12)19-16(21)9-24(22,23)15-5-2-10(17)6-14(15)18/h2,5-6,11-13H,3-4,7-9H2,1H3,(H,19,21). The number of nitrogens with zero attached hydrogens (tertiary/aromatic N) is 1. The number of nitrogens with one attached hydrogen (secondary N) is 1. The number of piperidine rings is 1. The van der Waals surface area contributed by atoms with Gasteiger partial charge in [0.1, 0.15) is 22.3 Å². The fraction of sp³-hybridized carbons (Fsp3) is 0.562. The normalized spacial score (nSPS) is 27.2. The lowest BCUT2D eigenvalue weighted by Gasteiger charge is -2.36. The average Bonchev–Trinajstić information content (AvgIpc) is 2.69. The van der Waals surface area contributed by atoms with Gasteiger partial charge in [0, 0.05) is 24.2 Å². The Morgan fingerprint density at radius 3 is 2.46 bits per heavy atom. The smallest absolute Gasteiger partial charge is 0.235 e. The highest BCUT2D eigenvalue weighted by Crippen LogP contribution is 2.34. The van der Waals surface area contributed by atoms with Crippen molar-refractivity contribution in [2.24, 2.45) is 0 Å². The van der Waals surface area contributed by atoms with E-state index in [4.69, 9.17) is 0 Å². The first-order valence-corrected chi connectivity index (χ1v) is 9.60. The largest absolute Gasteiger partial charge is 0.352 e. The van der Waals surface area contributed by atoms with Crippen molar-refractivity contribution in [3.05, 3.63) is 29.8 Å². The molecule has 0 aromatic heterocycles. The number of benzene rings is 1. The number of hydrogen-bond donors (Lipinski definition) is 1. The lowest BCUT2D eigenvalue weighted by atomic mass is 9.98. The topological polar surface area (TPSA) is 66.5 Å². The molecule has 2 heterocycles. The van der Waals surface area contributed by atoms with Crippen molar-refractivity contribution in [3.8, 4) is 0 Å². The van der Waals surface area contributed by atoms with E-state index in [1.165, 1.54) is 0 Å². The van der Waals surface area contributed by atoms with Gasteiger partial charge in [-0.25, -0.2) is 17.2 Å². The van der Waals surface area contributed by atoms with Crippen LogP contribution in [0.15, 0.2) is 23.1 Å². The Morgan fingerprint density at radius 1 is 1.25 bits per heavy atom.